The summed E-state index contributed by atoms with van der Waals surface area (Å²) in [5.41, 5.74) is 2.04. The van der Waals surface area contributed by atoms with Gasteiger partial charge in [-0.3, -0.25) is 4.57 Å². The van der Waals surface area contributed by atoms with Crippen molar-refractivity contribution in [2.45, 2.75) is 58.0 Å². The molecule has 1 aromatic heterocycles. The van der Waals surface area contributed by atoms with Crippen molar-refractivity contribution in [1.29, 1.82) is 0 Å². The molecule has 1 aliphatic rings. The lowest BCUT2D eigenvalue weighted by Gasteiger charge is -2.18. The summed E-state index contributed by atoms with van der Waals surface area (Å²) >= 11 is 0. The van der Waals surface area contributed by atoms with Gasteiger partial charge in [-0.1, -0.05) is 13.0 Å². The van der Waals surface area contributed by atoms with Crippen LogP contribution in [-0.4, -0.2) is 21.9 Å². The SMILES string of the molecule is CCCn1c(=O)oc2cc(C(O)C3CCC(C)O3)ccc21. The van der Waals surface area contributed by atoms with Crippen LogP contribution in [0, 0.1) is 0 Å². The predicted molar refractivity (Wildman–Crippen MR) is 79.3 cm³/mol. The predicted octanol–water partition coefficient (Wildman–Crippen LogP) is 2.61. The molecule has 3 atom stereocenters. The van der Waals surface area contributed by atoms with Crippen LogP contribution in [-0.2, 0) is 11.3 Å². The van der Waals surface area contributed by atoms with Crippen LogP contribution in [0.2, 0.25) is 0 Å². The lowest BCUT2D eigenvalue weighted by atomic mass is 10.0. The van der Waals surface area contributed by atoms with Gasteiger partial charge in [0.25, 0.3) is 0 Å². The number of aromatic nitrogens is 1. The van der Waals surface area contributed by atoms with E-state index in [1.54, 1.807) is 10.6 Å². The third kappa shape index (κ3) is 2.63. The van der Waals surface area contributed by atoms with Crippen molar-refractivity contribution in [3.63, 3.8) is 0 Å². The highest BCUT2D eigenvalue weighted by molar-refractivity contribution is 5.73. The number of rotatable bonds is 4. The van der Waals surface area contributed by atoms with E-state index >= 15 is 0 Å². The van der Waals surface area contributed by atoms with Gasteiger partial charge in [0, 0.05) is 6.54 Å². The quantitative estimate of drug-likeness (QED) is 0.940. The monoisotopic (exact) mass is 291 g/mol. The molecule has 0 bridgehead atoms. The minimum absolute atomic E-state index is 0.179. The zero-order chi connectivity index (χ0) is 15.0. The summed E-state index contributed by atoms with van der Waals surface area (Å²) < 4.78 is 12.6. The van der Waals surface area contributed by atoms with Crippen LogP contribution in [0.3, 0.4) is 0 Å². The fourth-order valence-electron chi connectivity index (χ4n) is 2.98. The van der Waals surface area contributed by atoms with Gasteiger partial charge in [0.05, 0.1) is 17.7 Å². The van der Waals surface area contributed by atoms with Gasteiger partial charge >= 0.3 is 5.76 Å². The molecule has 3 unspecified atom stereocenters. The van der Waals surface area contributed by atoms with Crippen LogP contribution < -0.4 is 5.76 Å². The summed E-state index contributed by atoms with van der Waals surface area (Å²) in [7, 11) is 0. The minimum Gasteiger partial charge on any atom is -0.408 e. The Balaban J connectivity index is 1.92. The highest BCUT2D eigenvalue weighted by Crippen LogP contribution is 2.31. The van der Waals surface area contributed by atoms with Crippen molar-refractivity contribution >= 4 is 11.1 Å². The maximum atomic E-state index is 11.8. The molecule has 1 N–H and O–H groups in total. The molecular weight excluding hydrogens is 270 g/mol. The van der Waals surface area contributed by atoms with Gasteiger partial charge in [-0.15, -0.1) is 0 Å². The summed E-state index contributed by atoms with van der Waals surface area (Å²) in [6.07, 6.45) is 2.01. The van der Waals surface area contributed by atoms with Crippen molar-refractivity contribution in [3.05, 3.63) is 34.3 Å². The molecule has 1 saturated heterocycles. The molecule has 0 spiro atoms. The van der Waals surface area contributed by atoms with Gasteiger partial charge in [-0.05, 0) is 43.9 Å². The molecule has 114 valence electrons. The second-order valence-electron chi connectivity index (χ2n) is 5.75. The Morgan fingerprint density at radius 1 is 1.43 bits per heavy atom. The molecule has 3 rings (SSSR count). The van der Waals surface area contributed by atoms with E-state index in [1.807, 2.05) is 26.0 Å². The first-order chi connectivity index (χ1) is 10.1. The lowest BCUT2D eigenvalue weighted by molar-refractivity contribution is -0.0297. The van der Waals surface area contributed by atoms with Gasteiger partial charge in [0.1, 0.15) is 6.10 Å². The van der Waals surface area contributed by atoms with E-state index in [9.17, 15) is 9.90 Å². The maximum absolute atomic E-state index is 11.8. The van der Waals surface area contributed by atoms with E-state index in [0.29, 0.717) is 12.1 Å². The average Bonchev–Trinajstić information content (AvgIpc) is 3.02. The number of hydrogen-bond donors (Lipinski definition) is 1. The van der Waals surface area contributed by atoms with Crippen LogP contribution in [0.4, 0.5) is 0 Å². The first-order valence-corrected chi connectivity index (χ1v) is 7.57. The fourth-order valence-corrected chi connectivity index (χ4v) is 2.98. The Morgan fingerprint density at radius 2 is 2.24 bits per heavy atom. The number of aliphatic hydroxyl groups is 1. The van der Waals surface area contributed by atoms with Crippen molar-refractivity contribution in [2.24, 2.45) is 0 Å². The van der Waals surface area contributed by atoms with Crippen LogP contribution in [0.25, 0.3) is 11.1 Å². The summed E-state index contributed by atoms with van der Waals surface area (Å²) in [4.78, 5) is 11.8. The van der Waals surface area contributed by atoms with Gasteiger partial charge < -0.3 is 14.3 Å². The Morgan fingerprint density at radius 3 is 2.90 bits per heavy atom. The summed E-state index contributed by atoms with van der Waals surface area (Å²) in [5, 5.41) is 10.4. The molecule has 0 radical (unpaired) electrons. The highest BCUT2D eigenvalue weighted by atomic mass is 16.5. The van der Waals surface area contributed by atoms with Crippen LogP contribution in [0.5, 0.6) is 0 Å². The number of aliphatic hydroxyl groups excluding tert-OH is 1. The van der Waals surface area contributed by atoms with Gasteiger partial charge in [0.15, 0.2) is 5.58 Å². The van der Waals surface area contributed by atoms with Crippen LogP contribution >= 0.6 is 0 Å². The van der Waals surface area contributed by atoms with Crippen molar-refractivity contribution in [1.82, 2.24) is 4.57 Å². The van der Waals surface area contributed by atoms with E-state index in [-0.39, 0.29) is 18.0 Å². The van der Waals surface area contributed by atoms with Gasteiger partial charge in [-0.2, -0.15) is 0 Å². The number of nitrogens with zero attached hydrogens (tertiary/aromatic N) is 1. The average molecular weight is 291 g/mol. The lowest BCUT2D eigenvalue weighted by Crippen LogP contribution is -2.18. The van der Waals surface area contributed by atoms with Crippen molar-refractivity contribution < 1.29 is 14.3 Å². The first kappa shape index (κ1) is 14.4. The third-order valence-corrected chi connectivity index (χ3v) is 4.10. The summed E-state index contributed by atoms with van der Waals surface area (Å²) in [6.45, 7) is 4.67. The second-order valence-corrected chi connectivity index (χ2v) is 5.75. The van der Waals surface area contributed by atoms with E-state index < -0.39 is 6.10 Å². The minimum atomic E-state index is -0.681. The number of ether oxygens (including phenoxy) is 1. The molecule has 0 saturated carbocycles. The molecule has 2 aromatic rings. The van der Waals surface area contributed by atoms with Crippen molar-refractivity contribution in [2.75, 3.05) is 0 Å². The Kier molecular flexibility index (Phi) is 3.87. The molecule has 5 heteroatoms. The fraction of sp³-hybridized carbons (Fsp3) is 0.562. The molecule has 2 heterocycles. The summed E-state index contributed by atoms with van der Waals surface area (Å²) in [5.74, 6) is -0.343. The number of benzene rings is 1. The normalized spacial score (nSPS) is 23.8. The van der Waals surface area contributed by atoms with E-state index in [1.165, 1.54) is 0 Å². The van der Waals surface area contributed by atoms with Crippen LogP contribution in [0.1, 0.15) is 44.8 Å². The van der Waals surface area contributed by atoms with Crippen molar-refractivity contribution in [3.8, 4) is 0 Å². The Labute approximate surface area is 123 Å². The Hall–Kier alpha value is -1.59. The number of oxazole rings is 1. The molecule has 1 aliphatic heterocycles. The molecule has 1 fully saturated rings. The second kappa shape index (κ2) is 5.66. The smallest absolute Gasteiger partial charge is 0.408 e. The molecule has 0 amide bonds. The largest absolute Gasteiger partial charge is 0.419 e. The number of hydrogen-bond acceptors (Lipinski definition) is 4. The molecule has 5 nitrogen and oxygen atoms in total. The molecule has 1 aromatic carbocycles. The third-order valence-electron chi connectivity index (χ3n) is 4.10. The number of fused-ring (bicyclic) bond motifs is 1. The maximum Gasteiger partial charge on any atom is 0.419 e. The molecular formula is C16H21NO4. The zero-order valence-electron chi connectivity index (χ0n) is 12.4. The number of aryl methyl sites for hydroxylation is 1. The van der Waals surface area contributed by atoms with Gasteiger partial charge in [0.2, 0.25) is 0 Å². The standard InChI is InChI=1S/C16H21NO4/c1-3-8-17-12-6-5-11(9-14(12)21-16(17)19)15(18)13-7-4-10(2)20-13/h5-6,9-10,13,15,18H,3-4,7-8H2,1-2H3. The molecule has 0 aliphatic carbocycles. The van der Waals surface area contributed by atoms with Crippen LogP contribution in [0.15, 0.2) is 27.4 Å². The highest BCUT2D eigenvalue weighted by Gasteiger charge is 2.29. The van der Waals surface area contributed by atoms with Gasteiger partial charge in [-0.25, -0.2) is 4.79 Å². The Bertz CT molecular complexity index is 687. The zero-order valence-corrected chi connectivity index (χ0v) is 12.4. The topological polar surface area (TPSA) is 64.6 Å². The van der Waals surface area contributed by atoms with E-state index in [2.05, 4.69) is 0 Å². The van der Waals surface area contributed by atoms with E-state index in [0.717, 1.165) is 30.3 Å². The summed E-state index contributed by atoms with van der Waals surface area (Å²) in [6, 6.07) is 5.44. The van der Waals surface area contributed by atoms with E-state index in [4.69, 9.17) is 9.15 Å². The first-order valence-electron chi connectivity index (χ1n) is 7.57. The molecule has 21 heavy (non-hydrogen) atoms.